The summed E-state index contributed by atoms with van der Waals surface area (Å²) in [5.41, 5.74) is 1.05. The first-order valence-electron chi connectivity index (χ1n) is 3.28. The molecule has 1 N–H and O–H groups in total. The molecule has 0 fully saturated rings. The summed E-state index contributed by atoms with van der Waals surface area (Å²) in [5.74, 6) is 0.713. The van der Waals surface area contributed by atoms with Crippen LogP contribution in [-0.4, -0.2) is 4.21 Å². The summed E-state index contributed by atoms with van der Waals surface area (Å²) in [5, 5.41) is 0. The molecule has 1 aromatic rings. The van der Waals surface area contributed by atoms with Crippen molar-refractivity contribution in [2.24, 2.45) is 0 Å². The van der Waals surface area contributed by atoms with Gasteiger partial charge in [0.2, 0.25) is 0 Å². The van der Waals surface area contributed by atoms with E-state index < -0.39 is 11.3 Å². The van der Waals surface area contributed by atoms with Crippen LogP contribution < -0.4 is 8.91 Å². The minimum absolute atomic E-state index is 0.614. The van der Waals surface area contributed by atoms with E-state index in [2.05, 4.69) is 4.72 Å². The Kier molecular flexibility index (Phi) is 1.63. The molecular weight excluding hydrogens is 162 g/mol. The zero-order chi connectivity index (χ0) is 7.68. The molecular formula is C7H7NO2S. The first-order chi connectivity index (χ1) is 5.36. The minimum Gasteiger partial charge on any atom is -0.389 e. The molecule has 1 heterocycles. The van der Waals surface area contributed by atoms with E-state index in [9.17, 15) is 4.21 Å². The number of hydrogen-bond acceptors (Lipinski definition) is 2. The van der Waals surface area contributed by atoms with E-state index in [-0.39, 0.29) is 0 Å². The maximum absolute atomic E-state index is 10.8. The van der Waals surface area contributed by atoms with Gasteiger partial charge in [0.15, 0.2) is 0 Å². The molecule has 1 aromatic carbocycles. The van der Waals surface area contributed by atoms with Gasteiger partial charge < -0.3 is 4.18 Å². The Morgan fingerprint density at radius 2 is 2.27 bits per heavy atom. The van der Waals surface area contributed by atoms with Crippen LogP contribution >= 0.6 is 0 Å². The number of benzene rings is 1. The Morgan fingerprint density at radius 3 is 3.18 bits per heavy atom. The molecule has 4 heteroatoms. The molecule has 1 atom stereocenters. The lowest BCUT2D eigenvalue weighted by atomic mass is 10.2. The lowest BCUT2D eigenvalue weighted by Crippen LogP contribution is -2.26. The van der Waals surface area contributed by atoms with Gasteiger partial charge in [0.25, 0.3) is 11.3 Å². The Hall–Kier alpha value is -0.870. The molecule has 58 valence electrons. The van der Waals surface area contributed by atoms with Crippen molar-refractivity contribution in [1.82, 2.24) is 4.72 Å². The highest BCUT2D eigenvalue weighted by Gasteiger charge is 2.13. The fourth-order valence-electron chi connectivity index (χ4n) is 0.979. The molecule has 3 nitrogen and oxygen atoms in total. The highest BCUT2D eigenvalue weighted by Crippen LogP contribution is 2.21. The number of fused-ring (bicyclic) bond motifs is 1. The molecule has 0 bridgehead atoms. The molecule has 0 saturated carbocycles. The van der Waals surface area contributed by atoms with Crippen molar-refractivity contribution in [1.29, 1.82) is 0 Å². The fourth-order valence-corrected chi connectivity index (χ4v) is 1.64. The van der Waals surface area contributed by atoms with Crippen LogP contribution in [0.5, 0.6) is 5.75 Å². The molecule has 0 spiro atoms. The molecule has 11 heavy (non-hydrogen) atoms. The normalized spacial score (nSPS) is 22.0. The third-order valence-corrected chi connectivity index (χ3v) is 2.23. The van der Waals surface area contributed by atoms with E-state index in [4.69, 9.17) is 4.18 Å². The molecule has 0 aromatic heterocycles. The smallest absolute Gasteiger partial charge is 0.288 e. The van der Waals surface area contributed by atoms with Crippen LogP contribution in [0.1, 0.15) is 5.56 Å². The van der Waals surface area contributed by atoms with Crippen molar-refractivity contribution in [3.05, 3.63) is 29.8 Å². The van der Waals surface area contributed by atoms with Crippen molar-refractivity contribution < 1.29 is 8.39 Å². The van der Waals surface area contributed by atoms with Crippen molar-refractivity contribution in [2.75, 3.05) is 0 Å². The van der Waals surface area contributed by atoms with Gasteiger partial charge in [-0.1, -0.05) is 18.2 Å². The first-order valence-corrected chi connectivity index (χ1v) is 4.35. The minimum atomic E-state index is -1.35. The first kappa shape index (κ1) is 6.82. The van der Waals surface area contributed by atoms with Gasteiger partial charge in [-0.05, 0) is 6.07 Å². The Balaban J connectivity index is 2.41. The summed E-state index contributed by atoms with van der Waals surface area (Å²) in [6, 6.07) is 7.55. The fraction of sp³-hybridized carbons (Fsp3) is 0.143. The maximum Gasteiger partial charge on any atom is 0.288 e. The number of hydrogen-bond donors (Lipinski definition) is 1. The van der Waals surface area contributed by atoms with Gasteiger partial charge in [-0.15, -0.1) is 0 Å². The number of para-hydroxylation sites is 1. The molecule has 1 unspecified atom stereocenters. The number of nitrogens with one attached hydrogen (secondary N) is 1. The van der Waals surface area contributed by atoms with Gasteiger partial charge in [0.05, 0.1) is 0 Å². The standard InChI is InChI=1S/C7H7NO2S/c9-11-8-5-6-3-1-2-4-7(6)10-11/h1-4,8H,5H2. The van der Waals surface area contributed by atoms with E-state index in [1.54, 1.807) is 0 Å². The van der Waals surface area contributed by atoms with E-state index in [0.717, 1.165) is 5.56 Å². The lowest BCUT2D eigenvalue weighted by Gasteiger charge is -2.15. The summed E-state index contributed by atoms with van der Waals surface area (Å²) < 4.78 is 18.5. The SMILES string of the molecule is O=S1NCc2ccccc2O1. The van der Waals surface area contributed by atoms with Crippen LogP contribution in [0.2, 0.25) is 0 Å². The van der Waals surface area contributed by atoms with E-state index >= 15 is 0 Å². The molecule has 0 saturated heterocycles. The maximum atomic E-state index is 10.8. The average molecular weight is 169 g/mol. The van der Waals surface area contributed by atoms with Crippen LogP contribution in [0.3, 0.4) is 0 Å². The molecule has 1 aliphatic heterocycles. The highest BCUT2D eigenvalue weighted by atomic mass is 32.2. The largest absolute Gasteiger partial charge is 0.389 e. The zero-order valence-corrected chi connectivity index (χ0v) is 6.56. The molecule has 0 aliphatic carbocycles. The summed E-state index contributed by atoms with van der Waals surface area (Å²) in [7, 11) is 0. The second-order valence-corrected chi connectivity index (χ2v) is 3.17. The quantitative estimate of drug-likeness (QED) is 0.622. The number of rotatable bonds is 0. The highest BCUT2D eigenvalue weighted by molar-refractivity contribution is 7.78. The van der Waals surface area contributed by atoms with Crippen LogP contribution in [0.25, 0.3) is 0 Å². The summed E-state index contributed by atoms with van der Waals surface area (Å²) >= 11 is -1.35. The van der Waals surface area contributed by atoms with Gasteiger partial charge in [-0.3, -0.25) is 0 Å². The summed E-state index contributed by atoms with van der Waals surface area (Å²) in [6.45, 7) is 0.614. The average Bonchev–Trinajstić information content (AvgIpc) is 2.04. The van der Waals surface area contributed by atoms with Gasteiger partial charge in [0.1, 0.15) is 5.75 Å². The molecule has 2 rings (SSSR count). The van der Waals surface area contributed by atoms with Crippen molar-refractivity contribution in [2.45, 2.75) is 6.54 Å². The van der Waals surface area contributed by atoms with Crippen molar-refractivity contribution >= 4 is 11.3 Å². The lowest BCUT2D eigenvalue weighted by molar-refractivity contribution is 0.524. The summed E-state index contributed by atoms with van der Waals surface area (Å²) in [4.78, 5) is 0. The second-order valence-electron chi connectivity index (χ2n) is 2.25. The van der Waals surface area contributed by atoms with E-state index in [1.807, 2.05) is 24.3 Å². The van der Waals surface area contributed by atoms with Crippen LogP contribution in [0.4, 0.5) is 0 Å². The third-order valence-electron chi connectivity index (χ3n) is 1.52. The monoisotopic (exact) mass is 169 g/mol. The van der Waals surface area contributed by atoms with Gasteiger partial charge in [0, 0.05) is 12.1 Å². The Bertz CT molecular complexity index is 300. The van der Waals surface area contributed by atoms with E-state index in [1.165, 1.54) is 0 Å². The van der Waals surface area contributed by atoms with Crippen molar-refractivity contribution in [3.63, 3.8) is 0 Å². The van der Waals surface area contributed by atoms with E-state index in [0.29, 0.717) is 12.3 Å². The predicted octanol–water partition coefficient (Wildman–Crippen LogP) is 0.747. The van der Waals surface area contributed by atoms with Crippen LogP contribution in [0, 0.1) is 0 Å². The molecule has 0 amide bonds. The predicted molar refractivity (Wildman–Crippen MR) is 42.1 cm³/mol. The van der Waals surface area contributed by atoms with Crippen molar-refractivity contribution in [3.8, 4) is 5.75 Å². The third kappa shape index (κ3) is 1.27. The molecule has 0 radical (unpaired) electrons. The Labute approximate surface area is 67.2 Å². The topological polar surface area (TPSA) is 38.3 Å². The molecule has 1 aliphatic rings. The Morgan fingerprint density at radius 1 is 1.45 bits per heavy atom. The van der Waals surface area contributed by atoms with Gasteiger partial charge in [-0.2, -0.15) is 8.93 Å². The second kappa shape index (κ2) is 2.64. The van der Waals surface area contributed by atoms with Crippen LogP contribution in [-0.2, 0) is 17.8 Å². The van der Waals surface area contributed by atoms with Gasteiger partial charge >= 0.3 is 0 Å². The summed E-state index contributed by atoms with van der Waals surface area (Å²) in [6.07, 6.45) is 0. The van der Waals surface area contributed by atoms with Gasteiger partial charge in [-0.25, -0.2) is 0 Å². The zero-order valence-electron chi connectivity index (χ0n) is 5.74. The van der Waals surface area contributed by atoms with Crippen LogP contribution in [0.15, 0.2) is 24.3 Å².